The molecule has 0 amide bonds. The highest BCUT2D eigenvalue weighted by Crippen LogP contribution is 2.43. The number of unbranched alkanes of at least 4 members (excludes halogenated alkanes) is 18. The van der Waals surface area contributed by atoms with Crippen molar-refractivity contribution in [1.29, 1.82) is 0 Å². The first kappa shape index (κ1) is 52.0. The van der Waals surface area contributed by atoms with Crippen LogP contribution < -0.4 is 0 Å². The standard InChI is InChI=1S/C44H80NO8P/c1-6-8-10-12-14-16-18-20-22-24-26-28-30-32-34-36-43(46)50-40-42(41-52-54(48,49)51-39-38-45(3,4)5)53-44(47)37-35-33-31-29-27-25-23-21-19-17-15-13-11-9-7-2/h6,15,17,21,23,27,29,42H,1,7-14,16,18-20,22,24-26,28,30-41H2,2-5H3/p+1/b17-15+,23-21+,29-27+/t42-/m1/s1. The second-order valence-corrected chi connectivity index (χ2v) is 16.9. The zero-order valence-electron chi connectivity index (χ0n) is 35.0. The summed E-state index contributed by atoms with van der Waals surface area (Å²) in [6.07, 6.45) is 40.5. The smallest absolute Gasteiger partial charge is 0.462 e. The molecule has 0 saturated heterocycles. The maximum absolute atomic E-state index is 12.6. The van der Waals surface area contributed by atoms with E-state index in [0.717, 1.165) is 57.8 Å². The molecule has 2 atom stereocenters. The highest BCUT2D eigenvalue weighted by Gasteiger charge is 2.27. The number of hydrogen-bond donors (Lipinski definition) is 1. The number of phosphoric ester groups is 1. The van der Waals surface area contributed by atoms with E-state index in [0.29, 0.717) is 17.4 Å². The van der Waals surface area contributed by atoms with Crippen LogP contribution in [-0.4, -0.2) is 74.9 Å². The second kappa shape index (κ2) is 36.6. The second-order valence-electron chi connectivity index (χ2n) is 15.5. The molecule has 10 heteroatoms. The van der Waals surface area contributed by atoms with Crippen LogP contribution in [0.15, 0.2) is 49.1 Å². The summed E-state index contributed by atoms with van der Waals surface area (Å²) in [5.41, 5.74) is 0. The van der Waals surface area contributed by atoms with E-state index in [1.807, 2.05) is 27.2 Å². The molecular weight excluding hydrogens is 701 g/mol. The number of esters is 2. The average Bonchev–Trinajstić information content (AvgIpc) is 3.12. The van der Waals surface area contributed by atoms with Gasteiger partial charge < -0.3 is 18.9 Å². The summed E-state index contributed by atoms with van der Waals surface area (Å²) in [6, 6.07) is 0. The van der Waals surface area contributed by atoms with Crippen LogP contribution in [0.5, 0.6) is 0 Å². The number of hydrogen-bond acceptors (Lipinski definition) is 7. The Bertz CT molecular complexity index is 1050. The molecule has 0 saturated carbocycles. The van der Waals surface area contributed by atoms with E-state index < -0.39 is 26.5 Å². The van der Waals surface area contributed by atoms with E-state index in [2.05, 4.69) is 50.0 Å². The highest BCUT2D eigenvalue weighted by atomic mass is 31.2. The van der Waals surface area contributed by atoms with Crippen LogP contribution in [0.3, 0.4) is 0 Å². The monoisotopic (exact) mass is 783 g/mol. The van der Waals surface area contributed by atoms with Crippen molar-refractivity contribution in [3.05, 3.63) is 49.1 Å². The fourth-order valence-corrected chi connectivity index (χ4v) is 6.33. The third-order valence-electron chi connectivity index (χ3n) is 8.98. The van der Waals surface area contributed by atoms with Gasteiger partial charge in [0.15, 0.2) is 6.10 Å². The van der Waals surface area contributed by atoms with Crippen molar-refractivity contribution in [2.75, 3.05) is 47.5 Å². The number of phosphoric acid groups is 1. The molecule has 0 spiro atoms. The summed E-state index contributed by atoms with van der Waals surface area (Å²) in [5.74, 6) is -0.847. The van der Waals surface area contributed by atoms with Gasteiger partial charge in [0.1, 0.15) is 19.8 Å². The number of carbonyl (C=O) groups is 2. The number of rotatable bonds is 39. The number of allylic oxidation sites excluding steroid dienone is 7. The summed E-state index contributed by atoms with van der Waals surface area (Å²) in [4.78, 5) is 35.3. The van der Waals surface area contributed by atoms with Crippen molar-refractivity contribution in [3.63, 3.8) is 0 Å². The molecule has 0 aliphatic rings. The maximum atomic E-state index is 12.6. The van der Waals surface area contributed by atoms with Gasteiger partial charge >= 0.3 is 19.8 Å². The van der Waals surface area contributed by atoms with E-state index in [-0.39, 0.29) is 32.0 Å². The van der Waals surface area contributed by atoms with Crippen molar-refractivity contribution < 1.29 is 42.1 Å². The number of quaternary nitrogens is 1. The molecule has 0 bridgehead atoms. The third kappa shape index (κ3) is 39.7. The van der Waals surface area contributed by atoms with Crippen molar-refractivity contribution in [1.82, 2.24) is 0 Å². The number of ether oxygens (including phenoxy) is 2. The van der Waals surface area contributed by atoms with Gasteiger partial charge in [0.05, 0.1) is 27.7 Å². The molecule has 0 aliphatic carbocycles. The first-order chi connectivity index (χ1) is 26.0. The quantitative estimate of drug-likeness (QED) is 0.0216. The van der Waals surface area contributed by atoms with Gasteiger partial charge in [-0.1, -0.05) is 133 Å². The van der Waals surface area contributed by atoms with Gasteiger partial charge in [0.25, 0.3) is 0 Å². The molecule has 0 aromatic rings. The Morgan fingerprint density at radius 2 is 1.09 bits per heavy atom. The van der Waals surface area contributed by atoms with Gasteiger partial charge in [0.2, 0.25) is 0 Å². The van der Waals surface area contributed by atoms with Crippen LogP contribution in [0.4, 0.5) is 0 Å². The summed E-state index contributed by atoms with van der Waals surface area (Å²) < 4.78 is 34.2. The van der Waals surface area contributed by atoms with E-state index in [1.165, 1.54) is 83.5 Å². The van der Waals surface area contributed by atoms with Crippen molar-refractivity contribution in [2.45, 2.75) is 174 Å². The van der Waals surface area contributed by atoms with Gasteiger partial charge in [-0.15, -0.1) is 6.58 Å². The predicted octanol–water partition coefficient (Wildman–Crippen LogP) is 11.9. The van der Waals surface area contributed by atoms with Crippen molar-refractivity contribution in [3.8, 4) is 0 Å². The van der Waals surface area contributed by atoms with Gasteiger partial charge in [-0.25, -0.2) is 4.57 Å². The van der Waals surface area contributed by atoms with Gasteiger partial charge in [-0.2, -0.15) is 0 Å². The highest BCUT2D eigenvalue weighted by molar-refractivity contribution is 7.47. The molecule has 54 heavy (non-hydrogen) atoms. The van der Waals surface area contributed by atoms with Crippen LogP contribution in [-0.2, 0) is 32.7 Å². The van der Waals surface area contributed by atoms with E-state index in [9.17, 15) is 19.0 Å². The SMILES string of the molecule is C=CCCCCCCCCCCCCCCCC(=O)OC[C@H](COP(=O)(O)OCC[N+](C)(C)C)OC(=O)CCCC/C=C/C/C=C/C/C=C/CCCCC. The molecule has 0 radical (unpaired) electrons. The predicted molar refractivity (Wildman–Crippen MR) is 224 cm³/mol. The molecule has 9 nitrogen and oxygen atoms in total. The normalized spacial score (nSPS) is 13.9. The first-order valence-corrected chi connectivity index (χ1v) is 22.8. The van der Waals surface area contributed by atoms with E-state index in [1.54, 1.807) is 0 Å². The van der Waals surface area contributed by atoms with Crippen LogP contribution in [0.1, 0.15) is 167 Å². The van der Waals surface area contributed by atoms with E-state index in [4.69, 9.17) is 18.5 Å². The van der Waals surface area contributed by atoms with Crippen LogP contribution >= 0.6 is 7.82 Å². The molecule has 0 rings (SSSR count). The fourth-order valence-electron chi connectivity index (χ4n) is 5.59. The molecule has 314 valence electrons. The molecule has 0 aliphatic heterocycles. The summed E-state index contributed by atoms with van der Waals surface area (Å²) >= 11 is 0. The van der Waals surface area contributed by atoms with Crippen molar-refractivity contribution in [2.24, 2.45) is 0 Å². The molecule has 0 fully saturated rings. The Morgan fingerprint density at radius 3 is 1.63 bits per heavy atom. The van der Waals surface area contributed by atoms with Crippen LogP contribution in [0.25, 0.3) is 0 Å². The molecule has 0 heterocycles. The molecule has 0 aromatic carbocycles. The molecule has 1 N–H and O–H groups in total. The maximum Gasteiger partial charge on any atom is 0.472 e. The Hall–Kier alpha value is -2.03. The fraction of sp³-hybridized carbons (Fsp3) is 0.773. The lowest BCUT2D eigenvalue weighted by Crippen LogP contribution is -2.37. The number of nitrogens with zero attached hydrogens (tertiary/aromatic N) is 1. The van der Waals surface area contributed by atoms with Gasteiger partial charge in [-0.05, 0) is 64.2 Å². The van der Waals surface area contributed by atoms with Crippen molar-refractivity contribution >= 4 is 19.8 Å². The lowest BCUT2D eigenvalue weighted by Gasteiger charge is -2.24. The zero-order valence-corrected chi connectivity index (χ0v) is 35.9. The minimum absolute atomic E-state index is 0.0228. The third-order valence-corrected chi connectivity index (χ3v) is 9.96. The Labute approximate surface area is 331 Å². The summed E-state index contributed by atoms with van der Waals surface area (Å²) in [5, 5.41) is 0. The van der Waals surface area contributed by atoms with Gasteiger partial charge in [0, 0.05) is 12.8 Å². The average molecular weight is 783 g/mol. The number of carbonyl (C=O) groups excluding carboxylic acids is 2. The zero-order chi connectivity index (χ0) is 40.0. The summed E-state index contributed by atoms with van der Waals surface area (Å²) in [7, 11) is 1.44. The lowest BCUT2D eigenvalue weighted by atomic mass is 10.0. The molecule has 0 aromatic heterocycles. The van der Waals surface area contributed by atoms with Crippen LogP contribution in [0.2, 0.25) is 0 Å². The molecular formula is C44H81NO8P+. The Morgan fingerprint density at radius 1 is 0.630 bits per heavy atom. The van der Waals surface area contributed by atoms with Crippen LogP contribution in [0, 0.1) is 0 Å². The Kier molecular flexibility index (Phi) is 35.2. The minimum atomic E-state index is -4.38. The largest absolute Gasteiger partial charge is 0.472 e. The van der Waals surface area contributed by atoms with E-state index >= 15 is 0 Å². The summed E-state index contributed by atoms with van der Waals surface area (Å²) in [6.45, 7) is 5.86. The topological polar surface area (TPSA) is 108 Å². The first-order valence-electron chi connectivity index (χ1n) is 21.3. The van der Waals surface area contributed by atoms with Gasteiger partial charge in [-0.3, -0.25) is 18.6 Å². The number of likely N-dealkylation sites (N-methyl/N-ethyl adjacent to an activating group) is 1. The lowest BCUT2D eigenvalue weighted by molar-refractivity contribution is -0.870. The minimum Gasteiger partial charge on any atom is -0.462 e. The molecule has 1 unspecified atom stereocenters. The Balaban J connectivity index is 4.43.